The summed E-state index contributed by atoms with van der Waals surface area (Å²) in [4.78, 5) is 29.6. The molecule has 1 aromatic carbocycles. The van der Waals surface area contributed by atoms with Crippen LogP contribution in [-0.4, -0.2) is 41.6 Å². The lowest BCUT2D eigenvalue weighted by molar-refractivity contribution is -0.169. The number of nitrogens with zero attached hydrogens (tertiary/aromatic N) is 2. The standard InChI is InChI=1S/C19H21F2N3O4/c1-23-17(25)14(10-12-2-3-13(20)11-15(12)21)16(22-18(23)26)24-6-4-19(5-7-24)27-8-9-28-19/h2-3,11H,4-10H2,1H3,(H,22,26). The van der Waals surface area contributed by atoms with Gasteiger partial charge in [0.1, 0.15) is 17.5 Å². The molecule has 3 heterocycles. The molecule has 0 unspecified atom stereocenters. The first-order valence-corrected chi connectivity index (χ1v) is 9.17. The predicted octanol–water partition coefficient (Wildman–Crippen LogP) is 1.29. The molecule has 1 spiro atoms. The van der Waals surface area contributed by atoms with Crippen molar-refractivity contribution in [3.8, 4) is 0 Å². The van der Waals surface area contributed by atoms with E-state index in [1.165, 1.54) is 13.1 Å². The first kappa shape index (κ1) is 18.8. The summed E-state index contributed by atoms with van der Waals surface area (Å²) in [6.45, 7) is 2.14. The van der Waals surface area contributed by atoms with Gasteiger partial charge in [0.25, 0.3) is 5.56 Å². The zero-order chi connectivity index (χ0) is 19.9. The van der Waals surface area contributed by atoms with E-state index in [-0.39, 0.29) is 17.5 Å². The minimum Gasteiger partial charge on any atom is -0.357 e. The van der Waals surface area contributed by atoms with Crippen molar-refractivity contribution in [1.82, 2.24) is 9.55 Å². The van der Waals surface area contributed by atoms with E-state index in [9.17, 15) is 18.4 Å². The van der Waals surface area contributed by atoms with Crippen LogP contribution in [0.3, 0.4) is 0 Å². The van der Waals surface area contributed by atoms with Gasteiger partial charge in [0.2, 0.25) is 0 Å². The van der Waals surface area contributed by atoms with Crippen LogP contribution in [0.4, 0.5) is 14.6 Å². The largest absolute Gasteiger partial charge is 0.357 e. The van der Waals surface area contributed by atoms with E-state index in [1.807, 2.05) is 4.90 Å². The second-order valence-corrected chi connectivity index (χ2v) is 7.13. The molecule has 4 rings (SSSR count). The molecule has 0 atom stereocenters. The molecule has 2 aliphatic rings. The zero-order valence-electron chi connectivity index (χ0n) is 15.5. The Morgan fingerprint density at radius 2 is 1.82 bits per heavy atom. The lowest BCUT2D eigenvalue weighted by Crippen LogP contribution is -2.47. The van der Waals surface area contributed by atoms with Crippen molar-refractivity contribution < 1.29 is 18.3 Å². The number of hydrogen-bond acceptors (Lipinski definition) is 5. The highest BCUT2D eigenvalue weighted by molar-refractivity contribution is 5.48. The highest BCUT2D eigenvalue weighted by atomic mass is 19.1. The fourth-order valence-electron chi connectivity index (χ4n) is 3.80. The quantitative estimate of drug-likeness (QED) is 0.851. The maximum Gasteiger partial charge on any atom is 0.329 e. The molecule has 2 aromatic rings. The lowest BCUT2D eigenvalue weighted by atomic mass is 10.0. The van der Waals surface area contributed by atoms with Gasteiger partial charge in [-0.25, -0.2) is 13.6 Å². The highest BCUT2D eigenvalue weighted by Gasteiger charge is 2.40. The molecule has 28 heavy (non-hydrogen) atoms. The van der Waals surface area contributed by atoms with E-state index < -0.39 is 28.7 Å². The number of benzene rings is 1. The topological polar surface area (TPSA) is 76.6 Å². The third-order valence-electron chi connectivity index (χ3n) is 5.42. The van der Waals surface area contributed by atoms with E-state index in [4.69, 9.17) is 9.47 Å². The molecular formula is C19H21F2N3O4. The summed E-state index contributed by atoms with van der Waals surface area (Å²) < 4.78 is 39.7. The number of aromatic nitrogens is 2. The van der Waals surface area contributed by atoms with Crippen LogP contribution in [0.2, 0.25) is 0 Å². The minimum atomic E-state index is -0.732. The van der Waals surface area contributed by atoms with Gasteiger partial charge in [0.05, 0.1) is 18.8 Å². The number of piperidine rings is 1. The van der Waals surface area contributed by atoms with Gasteiger partial charge in [-0.05, 0) is 11.6 Å². The zero-order valence-corrected chi connectivity index (χ0v) is 15.5. The third kappa shape index (κ3) is 3.35. The summed E-state index contributed by atoms with van der Waals surface area (Å²) >= 11 is 0. The molecule has 0 bridgehead atoms. The van der Waals surface area contributed by atoms with Crippen LogP contribution >= 0.6 is 0 Å². The maximum absolute atomic E-state index is 14.2. The number of rotatable bonds is 3. The van der Waals surface area contributed by atoms with Gasteiger partial charge in [-0.1, -0.05) is 6.07 Å². The molecule has 7 nitrogen and oxygen atoms in total. The number of aromatic amines is 1. The fraction of sp³-hybridized carbons (Fsp3) is 0.474. The Kier molecular flexibility index (Phi) is 4.80. The van der Waals surface area contributed by atoms with Gasteiger partial charge < -0.3 is 14.4 Å². The van der Waals surface area contributed by atoms with Gasteiger partial charge in [-0.2, -0.15) is 0 Å². The smallest absolute Gasteiger partial charge is 0.329 e. The summed E-state index contributed by atoms with van der Waals surface area (Å²) in [7, 11) is 1.36. The molecule has 9 heteroatoms. The Balaban J connectivity index is 1.69. The molecule has 0 amide bonds. The Bertz CT molecular complexity index is 1000. The Morgan fingerprint density at radius 1 is 1.14 bits per heavy atom. The summed E-state index contributed by atoms with van der Waals surface area (Å²) in [5.41, 5.74) is -0.604. The van der Waals surface area contributed by atoms with E-state index in [1.54, 1.807) is 0 Å². The van der Waals surface area contributed by atoms with Gasteiger partial charge in [-0.3, -0.25) is 14.3 Å². The molecule has 2 fully saturated rings. The molecule has 150 valence electrons. The minimum absolute atomic E-state index is 0.0560. The maximum atomic E-state index is 14.2. The van der Waals surface area contributed by atoms with Crippen molar-refractivity contribution in [3.05, 3.63) is 61.8 Å². The lowest BCUT2D eigenvalue weighted by Gasteiger charge is -2.38. The number of hydrogen-bond donors (Lipinski definition) is 1. The van der Waals surface area contributed by atoms with E-state index >= 15 is 0 Å². The summed E-state index contributed by atoms with van der Waals surface area (Å²) in [5, 5.41) is 0. The van der Waals surface area contributed by atoms with E-state index in [2.05, 4.69) is 4.98 Å². The van der Waals surface area contributed by atoms with Crippen LogP contribution in [0, 0.1) is 11.6 Å². The SMILES string of the molecule is Cn1c(=O)[nH]c(N2CCC3(CC2)OCCO3)c(Cc2ccc(F)cc2F)c1=O. The average Bonchev–Trinajstić information content (AvgIpc) is 3.12. The molecule has 0 aliphatic carbocycles. The molecule has 1 aromatic heterocycles. The van der Waals surface area contributed by atoms with Crippen LogP contribution < -0.4 is 16.1 Å². The molecule has 0 saturated carbocycles. The summed E-state index contributed by atoms with van der Waals surface area (Å²) in [6, 6.07) is 3.24. The van der Waals surface area contributed by atoms with Crippen LogP contribution in [0.5, 0.6) is 0 Å². The van der Waals surface area contributed by atoms with Gasteiger partial charge in [0, 0.05) is 45.5 Å². The molecule has 2 saturated heterocycles. The average molecular weight is 393 g/mol. The van der Waals surface area contributed by atoms with Crippen LogP contribution in [0.15, 0.2) is 27.8 Å². The Labute approximate surface area is 159 Å². The van der Waals surface area contributed by atoms with Gasteiger partial charge in [-0.15, -0.1) is 0 Å². The third-order valence-corrected chi connectivity index (χ3v) is 5.42. The predicted molar refractivity (Wildman–Crippen MR) is 97.5 cm³/mol. The van der Waals surface area contributed by atoms with Crippen molar-refractivity contribution in [2.45, 2.75) is 25.0 Å². The Hall–Kier alpha value is -2.52. The second kappa shape index (κ2) is 7.14. The van der Waals surface area contributed by atoms with Crippen LogP contribution in [0.25, 0.3) is 0 Å². The number of halogens is 2. The van der Waals surface area contributed by atoms with Crippen molar-refractivity contribution >= 4 is 5.82 Å². The van der Waals surface area contributed by atoms with Crippen molar-refractivity contribution in [2.75, 3.05) is 31.2 Å². The summed E-state index contributed by atoms with van der Waals surface area (Å²) in [5.74, 6) is -1.65. The molecule has 2 aliphatic heterocycles. The van der Waals surface area contributed by atoms with Gasteiger partial charge >= 0.3 is 5.69 Å². The Morgan fingerprint density at radius 3 is 2.46 bits per heavy atom. The highest BCUT2D eigenvalue weighted by Crippen LogP contribution is 2.33. The molecule has 0 radical (unpaired) electrons. The van der Waals surface area contributed by atoms with Crippen molar-refractivity contribution in [1.29, 1.82) is 0 Å². The number of nitrogens with one attached hydrogen (secondary N) is 1. The number of anilines is 1. The molecular weight excluding hydrogens is 372 g/mol. The fourth-order valence-corrected chi connectivity index (χ4v) is 3.80. The van der Waals surface area contributed by atoms with E-state index in [0.717, 1.165) is 16.7 Å². The van der Waals surface area contributed by atoms with E-state index in [0.29, 0.717) is 45.0 Å². The van der Waals surface area contributed by atoms with Crippen LogP contribution in [0.1, 0.15) is 24.0 Å². The monoisotopic (exact) mass is 393 g/mol. The van der Waals surface area contributed by atoms with Crippen molar-refractivity contribution in [2.24, 2.45) is 7.05 Å². The van der Waals surface area contributed by atoms with Crippen molar-refractivity contribution in [3.63, 3.8) is 0 Å². The molecule has 1 N–H and O–H groups in total. The number of ether oxygens (including phenoxy) is 2. The van der Waals surface area contributed by atoms with Gasteiger partial charge in [0.15, 0.2) is 5.79 Å². The second-order valence-electron chi connectivity index (χ2n) is 7.13. The number of H-pyrrole nitrogens is 1. The first-order valence-electron chi connectivity index (χ1n) is 9.17. The normalized spacial score (nSPS) is 18.8. The van der Waals surface area contributed by atoms with Crippen LogP contribution in [-0.2, 0) is 22.9 Å². The summed E-state index contributed by atoms with van der Waals surface area (Å²) in [6.07, 6.45) is 1.13. The first-order chi connectivity index (χ1) is 13.4.